The molecule has 1 aliphatic rings. The average molecular weight is 421 g/mol. The maximum atomic E-state index is 12.9. The van der Waals surface area contributed by atoms with E-state index in [2.05, 4.69) is 10.5 Å². The first-order valence-electron chi connectivity index (χ1n) is 10.8. The maximum Gasteiger partial charge on any atom is 0.223 e. The third-order valence-corrected chi connectivity index (χ3v) is 5.83. The predicted molar refractivity (Wildman–Crippen MR) is 117 cm³/mol. The van der Waals surface area contributed by atoms with Crippen LogP contribution in [0.25, 0.3) is 11.4 Å². The van der Waals surface area contributed by atoms with Crippen molar-refractivity contribution in [2.24, 2.45) is 5.92 Å². The van der Waals surface area contributed by atoms with Crippen LogP contribution in [0, 0.1) is 19.8 Å². The molecule has 2 heterocycles. The molecule has 1 aromatic carbocycles. The Labute approximate surface area is 182 Å². The van der Waals surface area contributed by atoms with E-state index in [-0.39, 0.29) is 11.8 Å². The number of nitrogens with one attached hydrogen (secondary N) is 1. The molecule has 0 spiro atoms. The van der Waals surface area contributed by atoms with Crippen LogP contribution in [0.4, 0.5) is 0 Å². The minimum absolute atomic E-state index is 0.0574. The summed E-state index contributed by atoms with van der Waals surface area (Å²) in [6.07, 6.45) is 2.94. The van der Waals surface area contributed by atoms with Crippen LogP contribution in [0.15, 0.2) is 34.9 Å². The molecule has 0 bridgehead atoms. The number of hydrogen-bond donors (Lipinski definition) is 1. The van der Waals surface area contributed by atoms with Gasteiger partial charge in [-0.25, -0.2) is 4.98 Å². The van der Waals surface area contributed by atoms with Crippen molar-refractivity contribution in [1.82, 2.24) is 20.4 Å². The van der Waals surface area contributed by atoms with Gasteiger partial charge in [0.05, 0.1) is 18.0 Å². The number of nitrogens with zero attached hydrogens (tertiary/aromatic N) is 3. The number of carbonyl (C=O) groups is 1. The zero-order valence-corrected chi connectivity index (χ0v) is 18.3. The van der Waals surface area contributed by atoms with Gasteiger partial charge in [0, 0.05) is 29.2 Å². The molecule has 1 N–H and O–H groups in total. The molecule has 4 rings (SSSR count). The van der Waals surface area contributed by atoms with Crippen LogP contribution in [0.1, 0.15) is 48.0 Å². The van der Waals surface area contributed by atoms with Gasteiger partial charge in [0.25, 0.3) is 0 Å². The molecule has 1 amide bonds. The quantitative estimate of drug-likeness (QED) is 0.607. The van der Waals surface area contributed by atoms with Gasteiger partial charge in [-0.1, -0.05) is 35.5 Å². The highest BCUT2D eigenvalue weighted by molar-refractivity contribution is 5.78. The zero-order chi connectivity index (χ0) is 21.8. The number of aromatic nitrogens is 3. The number of ether oxygens (including phenoxy) is 1. The van der Waals surface area contributed by atoms with Crippen molar-refractivity contribution in [3.63, 3.8) is 0 Å². The Bertz CT molecular complexity index is 1040. The van der Waals surface area contributed by atoms with Crippen LogP contribution in [-0.2, 0) is 24.2 Å². The number of amides is 1. The van der Waals surface area contributed by atoms with E-state index in [0.717, 1.165) is 59.5 Å². The van der Waals surface area contributed by atoms with Crippen LogP contribution in [-0.4, -0.2) is 27.6 Å². The minimum atomic E-state index is -0.0793. The van der Waals surface area contributed by atoms with Gasteiger partial charge >= 0.3 is 0 Å². The van der Waals surface area contributed by atoms with E-state index in [4.69, 9.17) is 19.2 Å². The minimum Gasteiger partial charge on any atom is -0.478 e. The molecule has 0 saturated carbocycles. The molecule has 1 aliphatic carbocycles. The Morgan fingerprint density at radius 3 is 2.65 bits per heavy atom. The Hall–Kier alpha value is -3.22. The molecule has 1 atom stereocenters. The van der Waals surface area contributed by atoms with Crippen molar-refractivity contribution in [3.8, 4) is 17.3 Å². The van der Waals surface area contributed by atoms with Gasteiger partial charge in [-0.15, -0.1) is 0 Å². The lowest BCUT2D eigenvalue weighted by molar-refractivity contribution is -0.125. The van der Waals surface area contributed by atoms with Gasteiger partial charge in [0.1, 0.15) is 5.76 Å². The van der Waals surface area contributed by atoms with Crippen molar-refractivity contribution in [2.75, 3.05) is 6.61 Å². The summed E-state index contributed by atoms with van der Waals surface area (Å²) >= 11 is 0. The van der Waals surface area contributed by atoms with E-state index < -0.39 is 0 Å². The summed E-state index contributed by atoms with van der Waals surface area (Å²) in [4.78, 5) is 22.4. The molecule has 0 fully saturated rings. The molecule has 7 heteroatoms. The molecule has 2 aromatic heterocycles. The predicted octanol–water partition coefficient (Wildman–Crippen LogP) is 3.96. The fourth-order valence-electron chi connectivity index (χ4n) is 4.05. The summed E-state index contributed by atoms with van der Waals surface area (Å²) in [5, 5.41) is 7.02. The first-order chi connectivity index (χ1) is 15.1. The topological polar surface area (TPSA) is 90.1 Å². The van der Waals surface area contributed by atoms with Crippen LogP contribution < -0.4 is 10.1 Å². The Morgan fingerprint density at radius 2 is 1.94 bits per heavy atom. The summed E-state index contributed by atoms with van der Waals surface area (Å²) < 4.78 is 11.1. The first kappa shape index (κ1) is 21.0. The van der Waals surface area contributed by atoms with Gasteiger partial charge in [-0.05, 0) is 46.5 Å². The van der Waals surface area contributed by atoms with Crippen LogP contribution in [0.3, 0.4) is 0 Å². The summed E-state index contributed by atoms with van der Waals surface area (Å²) in [5.74, 6) is 2.04. The second kappa shape index (κ2) is 9.29. The van der Waals surface area contributed by atoms with Gasteiger partial charge in [0.15, 0.2) is 5.82 Å². The van der Waals surface area contributed by atoms with E-state index in [0.29, 0.717) is 24.9 Å². The number of benzene rings is 1. The van der Waals surface area contributed by atoms with Crippen LogP contribution in [0.5, 0.6) is 5.88 Å². The second-order valence-corrected chi connectivity index (χ2v) is 7.87. The van der Waals surface area contributed by atoms with Gasteiger partial charge in [0.2, 0.25) is 11.8 Å². The van der Waals surface area contributed by atoms with E-state index in [9.17, 15) is 4.79 Å². The van der Waals surface area contributed by atoms with E-state index in [1.807, 2.05) is 51.1 Å². The number of rotatable bonds is 6. The Morgan fingerprint density at radius 1 is 1.16 bits per heavy atom. The van der Waals surface area contributed by atoms with Crippen LogP contribution in [0.2, 0.25) is 0 Å². The Kier molecular flexibility index (Phi) is 6.30. The molecule has 7 nitrogen and oxygen atoms in total. The lowest BCUT2D eigenvalue weighted by atomic mass is 9.98. The normalized spacial score (nSPS) is 15.8. The van der Waals surface area contributed by atoms with Crippen LogP contribution >= 0.6 is 0 Å². The highest BCUT2D eigenvalue weighted by Gasteiger charge is 2.26. The molecular formula is C24H28N4O3. The monoisotopic (exact) mass is 420 g/mol. The number of hydrogen-bond acceptors (Lipinski definition) is 6. The molecule has 1 unspecified atom stereocenters. The molecule has 3 aromatic rings. The van der Waals surface area contributed by atoms with Gasteiger partial charge in [-0.3, -0.25) is 4.79 Å². The lowest BCUT2D eigenvalue weighted by Crippen LogP contribution is -2.30. The third kappa shape index (κ3) is 4.60. The summed E-state index contributed by atoms with van der Waals surface area (Å²) in [5.41, 5.74) is 4.74. The fourth-order valence-corrected chi connectivity index (χ4v) is 4.05. The second-order valence-electron chi connectivity index (χ2n) is 7.87. The third-order valence-electron chi connectivity index (χ3n) is 5.83. The maximum absolute atomic E-state index is 12.9. The van der Waals surface area contributed by atoms with Crippen molar-refractivity contribution >= 4 is 5.91 Å². The van der Waals surface area contributed by atoms with Crippen molar-refractivity contribution in [1.29, 1.82) is 0 Å². The summed E-state index contributed by atoms with van der Waals surface area (Å²) in [7, 11) is 0. The largest absolute Gasteiger partial charge is 0.478 e. The van der Waals surface area contributed by atoms with Gasteiger partial charge < -0.3 is 14.6 Å². The van der Waals surface area contributed by atoms with E-state index in [1.165, 1.54) is 0 Å². The summed E-state index contributed by atoms with van der Waals surface area (Å²) in [6, 6.07) is 9.93. The molecule has 0 saturated heterocycles. The molecule has 0 radical (unpaired) electrons. The first-order valence-corrected chi connectivity index (χ1v) is 10.8. The number of aryl methyl sites for hydroxylation is 3. The molecule has 162 valence electrons. The smallest absolute Gasteiger partial charge is 0.223 e. The number of fused-ring (bicyclic) bond motifs is 1. The summed E-state index contributed by atoms with van der Waals surface area (Å²) in [6.45, 7) is 6.68. The van der Waals surface area contributed by atoms with E-state index in [1.54, 1.807) is 0 Å². The van der Waals surface area contributed by atoms with Crippen molar-refractivity contribution in [3.05, 3.63) is 58.6 Å². The van der Waals surface area contributed by atoms with E-state index >= 15 is 0 Å². The SMILES string of the molecule is CCOc1nc(-c2ccccc2)nc2c1CCC(C(=O)NCc1c(C)noc1C)CC2. The Balaban J connectivity index is 1.51. The molecule has 31 heavy (non-hydrogen) atoms. The van der Waals surface area contributed by atoms with Crippen molar-refractivity contribution in [2.45, 2.75) is 53.0 Å². The zero-order valence-electron chi connectivity index (χ0n) is 18.3. The lowest BCUT2D eigenvalue weighted by Gasteiger charge is -2.14. The highest BCUT2D eigenvalue weighted by Crippen LogP contribution is 2.31. The molecular weight excluding hydrogens is 392 g/mol. The molecule has 0 aliphatic heterocycles. The average Bonchev–Trinajstić information content (AvgIpc) is 2.97. The standard InChI is InChI=1S/C24H28N4O3/c1-4-30-24-19-12-10-18(23(29)25-14-20-15(2)28-31-16(20)3)11-13-21(19)26-22(27-24)17-8-6-5-7-9-17/h5-9,18H,4,10-14H2,1-3H3,(H,25,29). The highest BCUT2D eigenvalue weighted by atomic mass is 16.5. The van der Waals surface area contributed by atoms with Gasteiger partial charge in [-0.2, -0.15) is 4.98 Å². The van der Waals surface area contributed by atoms with Crippen molar-refractivity contribution < 1.29 is 14.1 Å². The fraction of sp³-hybridized carbons (Fsp3) is 0.417. The number of carbonyl (C=O) groups excluding carboxylic acids is 1.